The zero-order valence-electron chi connectivity index (χ0n) is 23.5. The molecule has 1 atom stereocenters. The summed E-state index contributed by atoms with van der Waals surface area (Å²) in [5.41, 5.74) is 15.7. The van der Waals surface area contributed by atoms with E-state index in [-0.39, 0.29) is 18.2 Å². The van der Waals surface area contributed by atoms with Gasteiger partial charge < -0.3 is 15.6 Å². The summed E-state index contributed by atoms with van der Waals surface area (Å²) in [6, 6.07) is 15.9. The number of amides is 2. The highest BCUT2D eigenvalue weighted by molar-refractivity contribution is 5.94. The number of carbonyl (C=O) groups excluding carboxylic acids is 2. The molecule has 3 aromatic carbocycles. The smallest absolute Gasteiger partial charge is 0.254 e. The Morgan fingerprint density at radius 3 is 2.44 bits per heavy atom. The highest BCUT2D eigenvalue weighted by atomic mass is 16.5. The second-order valence-electron chi connectivity index (χ2n) is 10.5. The van der Waals surface area contributed by atoms with Crippen LogP contribution in [-0.4, -0.2) is 47.1 Å². The van der Waals surface area contributed by atoms with E-state index in [4.69, 9.17) is 11.6 Å². The molecule has 1 aliphatic heterocycles. The molecule has 8 heteroatoms. The van der Waals surface area contributed by atoms with E-state index in [1.54, 1.807) is 5.01 Å². The molecule has 0 saturated heterocycles. The van der Waals surface area contributed by atoms with Crippen LogP contribution in [0.3, 0.4) is 0 Å². The van der Waals surface area contributed by atoms with Gasteiger partial charge in [-0.2, -0.15) is 0 Å². The Bertz CT molecular complexity index is 1400. The summed E-state index contributed by atoms with van der Waals surface area (Å²) < 4.78 is 0. The number of aryl methyl sites for hydroxylation is 2. The fraction of sp³-hybridized carbons (Fsp3) is 0.355. The minimum atomic E-state index is -0.402. The molecule has 1 aliphatic rings. The molecule has 3 aromatic rings. The number of hydrogen-bond donors (Lipinski definition) is 3. The van der Waals surface area contributed by atoms with Crippen LogP contribution < -0.4 is 16.6 Å². The normalized spacial score (nSPS) is 13.6. The molecule has 2 amide bonds. The number of fused-ring (bicyclic) bond motifs is 1. The van der Waals surface area contributed by atoms with Crippen molar-refractivity contribution in [2.45, 2.75) is 53.0 Å². The van der Waals surface area contributed by atoms with E-state index in [0.717, 1.165) is 45.5 Å². The minimum Gasteiger partial charge on any atom is -0.397 e. The van der Waals surface area contributed by atoms with E-state index in [2.05, 4.69) is 12.1 Å². The lowest BCUT2D eigenvalue weighted by Gasteiger charge is -2.31. The van der Waals surface area contributed by atoms with Gasteiger partial charge in [0.1, 0.15) is 0 Å². The van der Waals surface area contributed by atoms with Gasteiger partial charge in [-0.15, -0.1) is 0 Å². The van der Waals surface area contributed by atoms with Gasteiger partial charge in [-0.25, -0.2) is 10.9 Å². The van der Waals surface area contributed by atoms with Gasteiger partial charge in [-0.05, 0) is 91.3 Å². The standard InChI is InChI=1S/C31H39N5O3/c1-6-36(33)28-12-11-26(21(4)30(28)32)27(17-29(37)34(5)39)23-10-9-22-13-14-35(18-25(22)16-23)31(38)24-8-7-19(2)20(3)15-24/h7-12,15-16,27,39H,6,13-14,17-18,32-33H2,1-5H3. The first-order valence-electron chi connectivity index (χ1n) is 13.4. The third kappa shape index (κ3) is 5.77. The molecule has 0 aromatic heterocycles. The highest BCUT2D eigenvalue weighted by Gasteiger charge is 2.27. The van der Waals surface area contributed by atoms with Crippen LogP contribution in [0.2, 0.25) is 0 Å². The van der Waals surface area contributed by atoms with Gasteiger partial charge in [0.15, 0.2) is 0 Å². The zero-order valence-corrected chi connectivity index (χ0v) is 23.5. The molecule has 0 spiro atoms. The minimum absolute atomic E-state index is 0.0178. The average Bonchev–Trinajstić information content (AvgIpc) is 2.93. The molecular weight excluding hydrogens is 490 g/mol. The third-order valence-electron chi connectivity index (χ3n) is 7.98. The number of benzene rings is 3. The van der Waals surface area contributed by atoms with Crippen molar-refractivity contribution in [2.24, 2.45) is 5.84 Å². The molecule has 0 bridgehead atoms. The average molecular weight is 530 g/mol. The predicted molar refractivity (Wildman–Crippen MR) is 155 cm³/mol. The van der Waals surface area contributed by atoms with Crippen LogP contribution in [0.25, 0.3) is 0 Å². The number of nitrogens with two attached hydrogens (primary N) is 2. The van der Waals surface area contributed by atoms with Crippen molar-refractivity contribution in [1.82, 2.24) is 9.96 Å². The van der Waals surface area contributed by atoms with Gasteiger partial charge in [0.25, 0.3) is 5.91 Å². The monoisotopic (exact) mass is 529 g/mol. The summed E-state index contributed by atoms with van der Waals surface area (Å²) in [6.07, 6.45) is 0.829. The molecule has 0 radical (unpaired) electrons. The second kappa shape index (κ2) is 11.5. The molecule has 0 saturated carbocycles. The van der Waals surface area contributed by atoms with Gasteiger partial charge in [0.2, 0.25) is 5.91 Å². The Labute approximate surface area is 230 Å². The molecular formula is C31H39N5O3. The van der Waals surface area contributed by atoms with Crippen LogP contribution in [0.5, 0.6) is 0 Å². The van der Waals surface area contributed by atoms with Crippen molar-refractivity contribution in [3.8, 4) is 0 Å². The quantitative estimate of drug-likeness (QED) is 0.180. The molecule has 1 heterocycles. The Hall–Kier alpha value is -3.88. The van der Waals surface area contributed by atoms with E-state index >= 15 is 0 Å². The van der Waals surface area contributed by atoms with Gasteiger partial charge >= 0.3 is 0 Å². The molecule has 5 N–H and O–H groups in total. The number of hydrogen-bond acceptors (Lipinski definition) is 6. The number of nitrogens with zero attached hydrogens (tertiary/aromatic N) is 3. The summed E-state index contributed by atoms with van der Waals surface area (Å²) in [6.45, 7) is 9.68. The summed E-state index contributed by atoms with van der Waals surface area (Å²) in [5, 5.41) is 12.1. The van der Waals surface area contributed by atoms with Gasteiger partial charge in [-0.3, -0.25) is 14.8 Å². The molecule has 8 nitrogen and oxygen atoms in total. The van der Waals surface area contributed by atoms with Gasteiger partial charge in [-0.1, -0.05) is 30.3 Å². The number of anilines is 2. The predicted octanol–water partition coefficient (Wildman–Crippen LogP) is 4.46. The molecule has 39 heavy (non-hydrogen) atoms. The van der Waals surface area contributed by atoms with Crippen LogP contribution in [-0.2, 0) is 17.8 Å². The van der Waals surface area contributed by atoms with Crippen molar-refractivity contribution < 1.29 is 14.8 Å². The summed E-state index contributed by atoms with van der Waals surface area (Å²) in [5.74, 6) is 5.40. The van der Waals surface area contributed by atoms with Crippen LogP contribution in [0.4, 0.5) is 11.4 Å². The van der Waals surface area contributed by atoms with Gasteiger partial charge in [0.05, 0.1) is 11.4 Å². The maximum Gasteiger partial charge on any atom is 0.254 e. The Kier molecular flexibility index (Phi) is 8.28. The third-order valence-corrected chi connectivity index (χ3v) is 7.98. The van der Waals surface area contributed by atoms with Crippen molar-refractivity contribution in [1.29, 1.82) is 0 Å². The maximum absolute atomic E-state index is 13.3. The van der Waals surface area contributed by atoms with Crippen LogP contribution in [0.15, 0.2) is 48.5 Å². The fourth-order valence-corrected chi connectivity index (χ4v) is 5.27. The summed E-state index contributed by atoms with van der Waals surface area (Å²) in [4.78, 5) is 28.0. The summed E-state index contributed by atoms with van der Waals surface area (Å²) >= 11 is 0. The molecule has 0 fully saturated rings. The van der Waals surface area contributed by atoms with Crippen molar-refractivity contribution in [3.63, 3.8) is 0 Å². The van der Waals surface area contributed by atoms with Crippen molar-refractivity contribution in [3.05, 3.63) is 93.0 Å². The van der Waals surface area contributed by atoms with Crippen LogP contribution >= 0.6 is 0 Å². The first-order chi connectivity index (χ1) is 18.5. The second-order valence-corrected chi connectivity index (χ2v) is 10.5. The fourth-order valence-electron chi connectivity index (χ4n) is 5.27. The Balaban J connectivity index is 1.70. The number of hydrazine groups is 1. The number of rotatable bonds is 7. The molecule has 206 valence electrons. The Morgan fingerprint density at radius 2 is 1.77 bits per heavy atom. The van der Waals surface area contributed by atoms with Gasteiger partial charge in [0, 0.05) is 44.6 Å². The molecule has 1 unspecified atom stereocenters. The summed E-state index contributed by atoms with van der Waals surface area (Å²) in [7, 11) is 1.33. The van der Waals surface area contributed by atoms with E-state index in [9.17, 15) is 14.8 Å². The highest BCUT2D eigenvalue weighted by Crippen LogP contribution is 2.38. The SMILES string of the molecule is CCN(N)c1ccc(C(CC(=O)N(C)O)c2ccc3c(c2)CN(C(=O)c2ccc(C)c(C)c2)CC3)c(C)c1N. The van der Waals surface area contributed by atoms with Crippen molar-refractivity contribution in [2.75, 3.05) is 30.9 Å². The molecule has 0 aliphatic carbocycles. The molecule has 4 rings (SSSR count). The topological polar surface area (TPSA) is 116 Å². The van der Waals surface area contributed by atoms with E-state index < -0.39 is 5.91 Å². The largest absolute Gasteiger partial charge is 0.397 e. The lowest BCUT2D eigenvalue weighted by Crippen LogP contribution is -2.36. The van der Waals surface area contributed by atoms with E-state index in [1.165, 1.54) is 12.6 Å². The first-order valence-corrected chi connectivity index (χ1v) is 13.4. The van der Waals surface area contributed by atoms with Crippen molar-refractivity contribution >= 4 is 23.2 Å². The van der Waals surface area contributed by atoms with Crippen LogP contribution in [0, 0.1) is 20.8 Å². The maximum atomic E-state index is 13.3. The lowest BCUT2D eigenvalue weighted by molar-refractivity contribution is -0.159. The number of nitrogen functional groups attached to an aromatic ring is 1. The lowest BCUT2D eigenvalue weighted by atomic mass is 9.83. The Morgan fingerprint density at radius 1 is 1.03 bits per heavy atom. The van der Waals surface area contributed by atoms with E-state index in [1.807, 2.05) is 69.0 Å². The number of carbonyl (C=O) groups is 2. The number of hydroxylamine groups is 2. The van der Waals surface area contributed by atoms with E-state index in [0.29, 0.717) is 35.9 Å². The van der Waals surface area contributed by atoms with Crippen LogP contribution in [0.1, 0.15) is 68.6 Å². The first kappa shape index (κ1) is 28.1. The zero-order chi connectivity index (χ0) is 28.4.